The Balaban J connectivity index is 2.84. The normalized spacial score (nSPS) is 10.6. The topological polar surface area (TPSA) is 128 Å². The summed E-state index contributed by atoms with van der Waals surface area (Å²) in [5.41, 5.74) is 16.2. The van der Waals surface area contributed by atoms with Gasteiger partial charge in [0, 0.05) is 6.54 Å². The first-order chi connectivity index (χ1) is 8.38. The van der Waals surface area contributed by atoms with E-state index < -0.39 is 11.8 Å². The third-order valence-electron chi connectivity index (χ3n) is 2.07. The van der Waals surface area contributed by atoms with Crippen molar-refractivity contribution in [2.45, 2.75) is 6.54 Å². The molecule has 2 amide bonds. The van der Waals surface area contributed by atoms with Gasteiger partial charge in [-0.1, -0.05) is 11.6 Å². The van der Waals surface area contributed by atoms with Crippen LogP contribution in [-0.4, -0.2) is 34.8 Å². The number of hydrogen-bond donors (Lipinski definition) is 3. The van der Waals surface area contributed by atoms with Crippen LogP contribution in [0.15, 0.2) is 12.1 Å². The predicted octanol–water partition coefficient (Wildman–Crippen LogP) is -0.910. The van der Waals surface area contributed by atoms with Gasteiger partial charge in [0.25, 0.3) is 0 Å². The van der Waals surface area contributed by atoms with Crippen LogP contribution in [0.25, 0.3) is 0 Å². The first kappa shape index (κ1) is 14.2. The number of carbonyl (C=O) groups excluding carboxylic acids is 2. The van der Waals surface area contributed by atoms with Gasteiger partial charge in [0.2, 0.25) is 11.8 Å². The van der Waals surface area contributed by atoms with Crippen molar-refractivity contribution in [2.24, 2.45) is 11.5 Å². The Bertz CT molecular complexity index is 450. The lowest BCUT2D eigenvalue weighted by Gasteiger charge is -2.19. The van der Waals surface area contributed by atoms with E-state index in [4.69, 9.17) is 28.8 Å². The average molecular weight is 272 g/mol. The highest BCUT2D eigenvalue weighted by Crippen LogP contribution is 2.16. The fraction of sp³-hybridized carbons (Fsp3) is 0.300. The van der Waals surface area contributed by atoms with E-state index in [1.54, 1.807) is 12.1 Å². The number of nitrogens with two attached hydrogens (primary N) is 3. The zero-order valence-corrected chi connectivity index (χ0v) is 10.4. The van der Waals surface area contributed by atoms with Gasteiger partial charge in [0.15, 0.2) is 0 Å². The first-order valence-corrected chi connectivity index (χ1v) is 5.46. The van der Waals surface area contributed by atoms with Gasteiger partial charge in [0.1, 0.15) is 5.82 Å². The maximum atomic E-state index is 10.9. The molecule has 6 N–H and O–H groups in total. The number of anilines is 1. The molecule has 0 spiro atoms. The summed E-state index contributed by atoms with van der Waals surface area (Å²) in [6, 6.07) is 3.14. The third-order valence-corrected chi connectivity index (χ3v) is 2.42. The molecule has 0 aromatic carbocycles. The molecule has 0 aliphatic heterocycles. The van der Waals surface area contributed by atoms with Gasteiger partial charge in [-0.3, -0.25) is 14.5 Å². The molecule has 0 aliphatic rings. The number of hydrogen-bond acceptors (Lipinski definition) is 5. The summed E-state index contributed by atoms with van der Waals surface area (Å²) in [6.07, 6.45) is 0. The van der Waals surface area contributed by atoms with Crippen molar-refractivity contribution in [3.05, 3.63) is 22.8 Å². The van der Waals surface area contributed by atoms with Gasteiger partial charge >= 0.3 is 0 Å². The number of pyridine rings is 1. The van der Waals surface area contributed by atoms with Crippen LogP contribution in [0.2, 0.25) is 5.02 Å². The van der Waals surface area contributed by atoms with Crippen molar-refractivity contribution in [2.75, 3.05) is 18.8 Å². The molecule has 0 saturated heterocycles. The van der Waals surface area contributed by atoms with Gasteiger partial charge < -0.3 is 17.2 Å². The summed E-state index contributed by atoms with van der Waals surface area (Å²) in [6.45, 7) is -0.0682. The lowest BCUT2D eigenvalue weighted by molar-refractivity contribution is -0.122. The molecule has 0 bridgehead atoms. The van der Waals surface area contributed by atoms with E-state index in [1.807, 2.05) is 0 Å². The van der Waals surface area contributed by atoms with Gasteiger partial charge in [-0.25, -0.2) is 4.98 Å². The number of rotatable bonds is 6. The van der Waals surface area contributed by atoms with Crippen molar-refractivity contribution >= 4 is 29.2 Å². The molecular weight excluding hydrogens is 258 g/mol. The Morgan fingerprint density at radius 3 is 2.28 bits per heavy atom. The molecule has 1 heterocycles. The van der Waals surface area contributed by atoms with E-state index in [0.29, 0.717) is 16.5 Å². The van der Waals surface area contributed by atoms with Crippen LogP contribution in [0.1, 0.15) is 5.69 Å². The Kier molecular flexibility index (Phi) is 4.87. The van der Waals surface area contributed by atoms with Gasteiger partial charge in [-0.2, -0.15) is 0 Å². The van der Waals surface area contributed by atoms with Crippen molar-refractivity contribution in [3.63, 3.8) is 0 Å². The molecule has 8 heteroatoms. The highest BCUT2D eigenvalue weighted by molar-refractivity contribution is 6.31. The lowest BCUT2D eigenvalue weighted by atomic mass is 10.3. The zero-order valence-electron chi connectivity index (χ0n) is 9.60. The number of halogens is 1. The second-order valence-electron chi connectivity index (χ2n) is 3.74. The maximum Gasteiger partial charge on any atom is 0.231 e. The Hall–Kier alpha value is -1.86. The summed E-state index contributed by atoms with van der Waals surface area (Å²) < 4.78 is 0. The molecule has 0 atom stereocenters. The molecule has 0 aliphatic carbocycles. The highest BCUT2D eigenvalue weighted by Gasteiger charge is 2.14. The van der Waals surface area contributed by atoms with Gasteiger partial charge in [-0.15, -0.1) is 0 Å². The molecule has 1 rings (SSSR count). The molecular formula is C10H14ClN5O2. The van der Waals surface area contributed by atoms with Crippen LogP contribution in [0.3, 0.4) is 0 Å². The molecule has 0 radical (unpaired) electrons. The zero-order chi connectivity index (χ0) is 13.7. The van der Waals surface area contributed by atoms with E-state index in [2.05, 4.69) is 4.98 Å². The highest BCUT2D eigenvalue weighted by atomic mass is 35.5. The number of primary amides is 2. The van der Waals surface area contributed by atoms with E-state index in [9.17, 15) is 9.59 Å². The van der Waals surface area contributed by atoms with Crippen LogP contribution < -0.4 is 17.2 Å². The number of carbonyl (C=O) groups is 2. The van der Waals surface area contributed by atoms with Crippen molar-refractivity contribution < 1.29 is 9.59 Å². The second kappa shape index (κ2) is 6.18. The summed E-state index contributed by atoms with van der Waals surface area (Å²) in [5.74, 6) is -0.847. The van der Waals surface area contributed by atoms with E-state index >= 15 is 0 Å². The molecule has 1 aromatic rings. The van der Waals surface area contributed by atoms with Crippen LogP contribution in [-0.2, 0) is 16.1 Å². The average Bonchev–Trinajstić information content (AvgIpc) is 2.21. The molecule has 1 aromatic heterocycles. The van der Waals surface area contributed by atoms with E-state index in [1.165, 1.54) is 4.90 Å². The number of amides is 2. The van der Waals surface area contributed by atoms with Crippen LogP contribution in [0, 0.1) is 0 Å². The van der Waals surface area contributed by atoms with E-state index in [-0.39, 0.29) is 19.6 Å². The maximum absolute atomic E-state index is 10.9. The Morgan fingerprint density at radius 1 is 1.22 bits per heavy atom. The van der Waals surface area contributed by atoms with Gasteiger partial charge in [0.05, 0.1) is 23.8 Å². The molecule has 98 valence electrons. The van der Waals surface area contributed by atoms with Crippen molar-refractivity contribution in [1.82, 2.24) is 9.88 Å². The minimum Gasteiger partial charge on any atom is -0.384 e. The molecule has 7 nitrogen and oxygen atoms in total. The molecule has 18 heavy (non-hydrogen) atoms. The molecule has 0 saturated carbocycles. The number of nitrogen functional groups attached to an aromatic ring is 1. The fourth-order valence-electron chi connectivity index (χ4n) is 1.43. The fourth-order valence-corrected chi connectivity index (χ4v) is 1.60. The quantitative estimate of drug-likeness (QED) is 0.617. The SMILES string of the molecule is NC(=O)CN(CC(N)=O)Cc1nc(N)ccc1Cl. The van der Waals surface area contributed by atoms with Crippen molar-refractivity contribution in [3.8, 4) is 0 Å². The minimum atomic E-state index is -0.573. The Morgan fingerprint density at radius 2 is 1.78 bits per heavy atom. The summed E-state index contributed by atoms with van der Waals surface area (Å²) in [4.78, 5) is 27.2. The first-order valence-electron chi connectivity index (χ1n) is 5.08. The van der Waals surface area contributed by atoms with E-state index in [0.717, 1.165) is 0 Å². The number of aromatic nitrogens is 1. The summed E-state index contributed by atoms with van der Waals surface area (Å²) in [5, 5.41) is 0.392. The molecule has 0 fully saturated rings. The van der Waals surface area contributed by atoms with Crippen LogP contribution in [0.5, 0.6) is 0 Å². The largest absolute Gasteiger partial charge is 0.384 e. The Labute approximate surface area is 109 Å². The summed E-state index contributed by atoms with van der Waals surface area (Å²) >= 11 is 5.94. The predicted molar refractivity (Wildman–Crippen MR) is 67.3 cm³/mol. The minimum absolute atomic E-state index is 0.115. The number of nitrogens with zero attached hydrogens (tertiary/aromatic N) is 2. The third kappa shape index (κ3) is 4.56. The standard InChI is InChI=1S/C10H14ClN5O2/c11-6-1-2-8(12)15-7(6)3-16(4-9(13)17)5-10(14)18/h1-2H,3-5H2,(H2,12,15)(H2,13,17)(H2,14,18). The second-order valence-corrected chi connectivity index (χ2v) is 4.15. The van der Waals surface area contributed by atoms with Crippen LogP contribution >= 0.6 is 11.6 Å². The van der Waals surface area contributed by atoms with Crippen LogP contribution in [0.4, 0.5) is 5.82 Å². The smallest absolute Gasteiger partial charge is 0.231 e. The van der Waals surface area contributed by atoms with Crippen molar-refractivity contribution in [1.29, 1.82) is 0 Å². The van der Waals surface area contributed by atoms with Gasteiger partial charge in [-0.05, 0) is 12.1 Å². The monoisotopic (exact) mass is 271 g/mol. The summed E-state index contributed by atoms with van der Waals surface area (Å²) in [7, 11) is 0. The molecule has 0 unspecified atom stereocenters. The lowest BCUT2D eigenvalue weighted by Crippen LogP contribution is -2.39.